The van der Waals surface area contributed by atoms with Crippen LogP contribution in [0.25, 0.3) is 5.57 Å². The molecule has 4 heteroatoms. The molecule has 4 nitrogen and oxygen atoms in total. The fourth-order valence-corrected chi connectivity index (χ4v) is 4.42. The summed E-state index contributed by atoms with van der Waals surface area (Å²) < 4.78 is 11.8. The van der Waals surface area contributed by atoms with Gasteiger partial charge in [0.25, 0.3) is 0 Å². The molecule has 29 heavy (non-hydrogen) atoms. The summed E-state index contributed by atoms with van der Waals surface area (Å²) >= 11 is 0. The molecule has 1 fully saturated rings. The molecule has 0 saturated heterocycles. The molecule has 0 aromatic heterocycles. The maximum absolute atomic E-state index is 12.7. The van der Waals surface area contributed by atoms with Gasteiger partial charge in [0.15, 0.2) is 11.4 Å². The standard InChI is InChI=1S/C25H28O4/c1-16-13-18(3)21(14-17(16)2)22-23(26)25(29-24(22)27)11-9-20(10-12-25)28-15-19-7-5-4-6-8-19/h4-8,13-14,20,26H,9-12,15H2,1-3H3. The summed E-state index contributed by atoms with van der Waals surface area (Å²) in [5.74, 6) is -0.326. The average molecular weight is 392 g/mol. The number of aliphatic hydroxyl groups is 1. The average Bonchev–Trinajstić information content (AvgIpc) is 2.95. The third-order valence-electron chi connectivity index (χ3n) is 6.34. The normalized spacial score (nSPS) is 24.2. The highest BCUT2D eigenvalue weighted by Gasteiger charge is 2.50. The highest BCUT2D eigenvalue weighted by atomic mass is 16.6. The Morgan fingerprint density at radius 3 is 2.38 bits per heavy atom. The van der Waals surface area contributed by atoms with Crippen LogP contribution in [0.1, 0.15) is 53.5 Å². The van der Waals surface area contributed by atoms with Gasteiger partial charge in [0.2, 0.25) is 0 Å². The number of rotatable bonds is 4. The van der Waals surface area contributed by atoms with Crippen LogP contribution in [0.3, 0.4) is 0 Å². The molecule has 1 N–H and O–H groups in total. The predicted octanol–water partition coefficient (Wildman–Crippen LogP) is 5.34. The van der Waals surface area contributed by atoms with Gasteiger partial charge >= 0.3 is 5.97 Å². The number of benzene rings is 2. The Hall–Kier alpha value is -2.59. The minimum absolute atomic E-state index is 0.0929. The second-order valence-corrected chi connectivity index (χ2v) is 8.35. The molecule has 0 unspecified atom stereocenters. The first kappa shape index (κ1) is 19.7. The van der Waals surface area contributed by atoms with E-state index in [9.17, 15) is 9.90 Å². The summed E-state index contributed by atoms with van der Waals surface area (Å²) in [6.45, 7) is 6.61. The van der Waals surface area contributed by atoms with Crippen molar-refractivity contribution in [1.29, 1.82) is 0 Å². The van der Waals surface area contributed by atoms with E-state index in [2.05, 4.69) is 18.2 Å². The second-order valence-electron chi connectivity index (χ2n) is 8.35. The summed E-state index contributed by atoms with van der Waals surface area (Å²) in [6, 6.07) is 14.1. The molecule has 0 atom stereocenters. The first-order valence-corrected chi connectivity index (χ1v) is 10.3. The van der Waals surface area contributed by atoms with E-state index in [1.807, 2.05) is 45.0 Å². The zero-order chi connectivity index (χ0) is 20.6. The van der Waals surface area contributed by atoms with Crippen LogP contribution >= 0.6 is 0 Å². The molecule has 1 spiro atoms. The van der Waals surface area contributed by atoms with Crippen LogP contribution in [0.5, 0.6) is 0 Å². The maximum atomic E-state index is 12.7. The van der Waals surface area contributed by atoms with Gasteiger partial charge in [0, 0.05) is 0 Å². The predicted molar refractivity (Wildman–Crippen MR) is 113 cm³/mol. The molecule has 1 aliphatic heterocycles. The van der Waals surface area contributed by atoms with Crippen molar-refractivity contribution in [3.8, 4) is 0 Å². The minimum atomic E-state index is -0.899. The van der Waals surface area contributed by atoms with Gasteiger partial charge < -0.3 is 14.6 Å². The number of aliphatic hydroxyl groups excluding tert-OH is 1. The third kappa shape index (κ3) is 3.69. The largest absolute Gasteiger partial charge is 0.507 e. The Morgan fingerprint density at radius 1 is 1.03 bits per heavy atom. The summed E-state index contributed by atoms with van der Waals surface area (Å²) in [7, 11) is 0. The van der Waals surface area contributed by atoms with Crippen LogP contribution in [0.2, 0.25) is 0 Å². The van der Waals surface area contributed by atoms with Gasteiger partial charge in [-0.2, -0.15) is 0 Å². The molecule has 2 aliphatic rings. The van der Waals surface area contributed by atoms with Crippen molar-refractivity contribution >= 4 is 11.5 Å². The number of ether oxygens (including phenoxy) is 2. The number of hydrogen-bond acceptors (Lipinski definition) is 4. The van der Waals surface area contributed by atoms with Crippen LogP contribution in [-0.2, 0) is 20.9 Å². The summed E-state index contributed by atoms with van der Waals surface area (Å²) in [4.78, 5) is 12.7. The van der Waals surface area contributed by atoms with Crippen molar-refractivity contribution in [2.45, 2.75) is 64.8 Å². The van der Waals surface area contributed by atoms with Gasteiger partial charge in [-0.15, -0.1) is 0 Å². The second kappa shape index (κ2) is 7.68. The minimum Gasteiger partial charge on any atom is -0.507 e. The maximum Gasteiger partial charge on any atom is 0.343 e. The molecule has 1 saturated carbocycles. The van der Waals surface area contributed by atoms with E-state index < -0.39 is 11.6 Å². The van der Waals surface area contributed by atoms with E-state index in [0.29, 0.717) is 25.0 Å². The quantitative estimate of drug-likeness (QED) is 0.714. The fraction of sp³-hybridized carbons (Fsp3) is 0.400. The monoisotopic (exact) mass is 392 g/mol. The van der Waals surface area contributed by atoms with E-state index >= 15 is 0 Å². The van der Waals surface area contributed by atoms with Gasteiger partial charge in [-0.05, 0) is 74.3 Å². The van der Waals surface area contributed by atoms with Gasteiger partial charge in [-0.3, -0.25) is 0 Å². The van der Waals surface area contributed by atoms with E-state index in [1.165, 1.54) is 5.56 Å². The Bertz CT molecular complexity index is 950. The van der Waals surface area contributed by atoms with Gasteiger partial charge in [-0.1, -0.05) is 42.5 Å². The molecule has 152 valence electrons. The highest BCUT2D eigenvalue weighted by molar-refractivity contribution is 6.20. The molecule has 0 amide bonds. The number of carbonyl (C=O) groups is 1. The Kier molecular flexibility index (Phi) is 5.22. The lowest BCUT2D eigenvalue weighted by molar-refractivity contribution is -0.152. The molecule has 2 aromatic carbocycles. The van der Waals surface area contributed by atoms with E-state index in [1.54, 1.807) is 0 Å². The highest BCUT2D eigenvalue weighted by Crippen LogP contribution is 2.46. The Labute approximate surface area is 172 Å². The van der Waals surface area contributed by atoms with Crippen molar-refractivity contribution in [2.75, 3.05) is 0 Å². The molecular formula is C25H28O4. The van der Waals surface area contributed by atoms with Gasteiger partial charge in [0.05, 0.1) is 12.7 Å². The topological polar surface area (TPSA) is 55.8 Å². The van der Waals surface area contributed by atoms with E-state index in [4.69, 9.17) is 9.47 Å². The lowest BCUT2D eigenvalue weighted by Gasteiger charge is -2.35. The zero-order valence-electron chi connectivity index (χ0n) is 17.3. The smallest absolute Gasteiger partial charge is 0.343 e. The van der Waals surface area contributed by atoms with E-state index in [0.717, 1.165) is 35.1 Å². The molecule has 4 rings (SSSR count). The number of esters is 1. The van der Waals surface area contributed by atoms with Crippen LogP contribution in [0.15, 0.2) is 48.2 Å². The Morgan fingerprint density at radius 2 is 1.69 bits per heavy atom. The summed E-state index contributed by atoms with van der Waals surface area (Å²) in [6.07, 6.45) is 2.78. The van der Waals surface area contributed by atoms with Crippen LogP contribution in [0.4, 0.5) is 0 Å². The fourth-order valence-electron chi connectivity index (χ4n) is 4.42. The summed E-state index contributed by atoms with van der Waals surface area (Å²) in [5.41, 5.74) is 4.59. The molecule has 1 heterocycles. The number of hydrogen-bond donors (Lipinski definition) is 1. The number of aryl methyl sites for hydroxylation is 3. The number of carbonyl (C=O) groups excluding carboxylic acids is 1. The van der Waals surface area contributed by atoms with Crippen molar-refractivity contribution < 1.29 is 19.4 Å². The molecule has 0 radical (unpaired) electrons. The molecule has 2 aromatic rings. The van der Waals surface area contributed by atoms with Gasteiger partial charge in [0.1, 0.15) is 5.57 Å². The molecule has 1 aliphatic carbocycles. The SMILES string of the molecule is Cc1cc(C)c(C2=C(O)C3(CCC(OCc4ccccc4)CC3)OC2=O)cc1C. The van der Waals surface area contributed by atoms with Crippen molar-refractivity contribution in [2.24, 2.45) is 0 Å². The van der Waals surface area contributed by atoms with Gasteiger partial charge in [-0.25, -0.2) is 4.79 Å². The van der Waals surface area contributed by atoms with Crippen molar-refractivity contribution in [3.63, 3.8) is 0 Å². The third-order valence-corrected chi connectivity index (χ3v) is 6.34. The lowest BCUT2D eigenvalue weighted by atomic mass is 9.80. The zero-order valence-corrected chi connectivity index (χ0v) is 17.3. The van der Waals surface area contributed by atoms with Crippen LogP contribution < -0.4 is 0 Å². The molecule has 0 bridgehead atoms. The first-order valence-electron chi connectivity index (χ1n) is 10.3. The van der Waals surface area contributed by atoms with E-state index in [-0.39, 0.29) is 11.9 Å². The van der Waals surface area contributed by atoms with Crippen LogP contribution in [0, 0.1) is 20.8 Å². The first-order chi connectivity index (χ1) is 13.9. The molecular weight excluding hydrogens is 364 g/mol. The van der Waals surface area contributed by atoms with Crippen LogP contribution in [-0.4, -0.2) is 22.8 Å². The summed E-state index contributed by atoms with van der Waals surface area (Å²) in [5, 5.41) is 11.1. The van der Waals surface area contributed by atoms with Crippen molar-refractivity contribution in [3.05, 3.63) is 76.0 Å². The lowest BCUT2D eigenvalue weighted by Crippen LogP contribution is -2.39. The Balaban J connectivity index is 1.50. The van der Waals surface area contributed by atoms with Crippen molar-refractivity contribution in [1.82, 2.24) is 0 Å².